The first kappa shape index (κ1) is 36.9. The van der Waals surface area contributed by atoms with E-state index in [0.717, 1.165) is 44.1 Å². The summed E-state index contributed by atoms with van der Waals surface area (Å²) in [7, 11) is 0. The molecular formula is C41H57NO8. The summed E-state index contributed by atoms with van der Waals surface area (Å²) in [6.07, 6.45) is 7.56. The number of fused-ring (bicyclic) bond motifs is 5. The van der Waals surface area contributed by atoms with Crippen molar-refractivity contribution in [2.45, 2.75) is 128 Å². The zero-order valence-electron chi connectivity index (χ0n) is 30.4. The number of ether oxygens (including phenoxy) is 2. The summed E-state index contributed by atoms with van der Waals surface area (Å²) in [5.41, 5.74) is -0.529. The molecule has 274 valence electrons. The number of aliphatic hydroxyl groups excluding tert-OH is 1. The van der Waals surface area contributed by atoms with Crippen molar-refractivity contribution in [1.82, 2.24) is 5.32 Å². The summed E-state index contributed by atoms with van der Waals surface area (Å²) in [4.78, 5) is 51.3. The fourth-order valence-corrected chi connectivity index (χ4v) is 11.0. The number of carbonyl (C=O) groups excluding carboxylic acids is 4. The molecule has 0 aromatic heterocycles. The molecule has 0 radical (unpaired) electrons. The minimum Gasteiger partial charge on any atom is -0.458 e. The average molecular weight is 692 g/mol. The first-order chi connectivity index (χ1) is 23.7. The normalized spacial score (nSPS) is 38.0. The van der Waals surface area contributed by atoms with E-state index >= 15 is 0 Å². The Kier molecular flexibility index (Phi) is 10.5. The van der Waals surface area contributed by atoms with Crippen molar-refractivity contribution >= 4 is 23.4 Å². The molecule has 1 amide bonds. The lowest BCUT2D eigenvalue weighted by molar-refractivity contribution is -0.184. The summed E-state index contributed by atoms with van der Waals surface area (Å²) < 4.78 is 11.4. The lowest BCUT2D eigenvalue weighted by Crippen LogP contribution is -2.62. The van der Waals surface area contributed by atoms with Crippen molar-refractivity contribution in [1.29, 1.82) is 0 Å². The Hall–Kier alpha value is -2.88. The number of nitrogens with one attached hydrogen (secondary N) is 1. The molecule has 4 aliphatic carbocycles. The van der Waals surface area contributed by atoms with Gasteiger partial charge in [0.05, 0.1) is 18.6 Å². The molecule has 3 saturated carbocycles. The molecule has 3 N–H and O–H groups in total. The van der Waals surface area contributed by atoms with Gasteiger partial charge in [-0.25, -0.2) is 0 Å². The molecule has 1 saturated heterocycles. The van der Waals surface area contributed by atoms with Gasteiger partial charge in [-0.05, 0) is 98.5 Å². The van der Waals surface area contributed by atoms with Crippen LogP contribution in [0.15, 0.2) is 42.0 Å². The highest BCUT2D eigenvalue weighted by atomic mass is 16.5. The van der Waals surface area contributed by atoms with Crippen molar-refractivity contribution in [2.75, 3.05) is 19.8 Å². The second-order valence-corrected chi connectivity index (χ2v) is 16.9. The van der Waals surface area contributed by atoms with Crippen molar-refractivity contribution in [3.63, 3.8) is 0 Å². The van der Waals surface area contributed by atoms with Crippen molar-refractivity contribution in [2.24, 2.45) is 34.5 Å². The maximum atomic E-state index is 13.6. The molecule has 4 fully saturated rings. The fraction of sp³-hybridized carbons (Fsp3) is 0.707. The molecule has 0 bridgehead atoms. The van der Waals surface area contributed by atoms with Crippen LogP contribution in [0.3, 0.4) is 0 Å². The minimum absolute atomic E-state index is 0.0207. The summed E-state index contributed by atoms with van der Waals surface area (Å²) in [5.74, 6) is -0.747. The third-order valence-corrected chi connectivity index (χ3v) is 14.0. The van der Waals surface area contributed by atoms with Crippen LogP contribution < -0.4 is 5.32 Å². The maximum absolute atomic E-state index is 13.6. The van der Waals surface area contributed by atoms with E-state index in [1.54, 1.807) is 6.08 Å². The number of allylic oxidation sites excluding steroid dienone is 1. The monoisotopic (exact) mass is 691 g/mol. The second kappa shape index (κ2) is 14.3. The van der Waals surface area contributed by atoms with E-state index < -0.39 is 35.5 Å². The Balaban J connectivity index is 0.996. The quantitative estimate of drug-likeness (QED) is 0.263. The highest BCUT2D eigenvalue weighted by Gasteiger charge is 2.68. The van der Waals surface area contributed by atoms with Crippen LogP contribution in [0.25, 0.3) is 0 Å². The van der Waals surface area contributed by atoms with Gasteiger partial charge in [-0.3, -0.25) is 19.2 Å². The molecule has 1 heterocycles. The van der Waals surface area contributed by atoms with Crippen LogP contribution in [0.2, 0.25) is 0 Å². The van der Waals surface area contributed by atoms with E-state index in [2.05, 4.69) is 50.4 Å². The SMILES string of the molecule is CC(C)[C@@H]1C[C@@](CCNC(=O)CCC(=O)OCC(=O)[C@@]2(O)CC[C@H]3[C@@H]4CCC5=CC(=O)CC[C@]5(C)[C@H]4[C@@H](O)C[C@@]32C)(c2ccccc2)CCO1. The number of aliphatic hydroxyl groups is 2. The summed E-state index contributed by atoms with van der Waals surface area (Å²) in [6, 6.07) is 10.4. The highest BCUT2D eigenvalue weighted by Crippen LogP contribution is 2.67. The largest absolute Gasteiger partial charge is 0.458 e. The van der Waals surface area contributed by atoms with E-state index in [1.807, 2.05) is 13.0 Å². The summed E-state index contributed by atoms with van der Waals surface area (Å²) in [6.45, 7) is 9.02. The second-order valence-electron chi connectivity index (χ2n) is 16.9. The smallest absolute Gasteiger partial charge is 0.306 e. The zero-order valence-corrected chi connectivity index (χ0v) is 30.4. The van der Waals surface area contributed by atoms with Gasteiger partial charge in [-0.2, -0.15) is 0 Å². The number of esters is 1. The van der Waals surface area contributed by atoms with Crippen molar-refractivity contribution in [3.05, 3.63) is 47.5 Å². The highest BCUT2D eigenvalue weighted by molar-refractivity contribution is 5.92. The molecule has 9 heteroatoms. The van der Waals surface area contributed by atoms with Gasteiger partial charge in [0.1, 0.15) is 5.60 Å². The first-order valence-corrected chi connectivity index (χ1v) is 19.0. The predicted molar refractivity (Wildman–Crippen MR) is 188 cm³/mol. The van der Waals surface area contributed by atoms with E-state index in [9.17, 15) is 29.4 Å². The van der Waals surface area contributed by atoms with Gasteiger partial charge in [0.25, 0.3) is 0 Å². The molecule has 1 aliphatic heterocycles. The topological polar surface area (TPSA) is 139 Å². The molecule has 1 aromatic carbocycles. The van der Waals surface area contributed by atoms with E-state index in [-0.39, 0.29) is 72.1 Å². The van der Waals surface area contributed by atoms with Crippen molar-refractivity contribution < 1.29 is 38.9 Å². The minimum atomic E-state index is -1.71. The van der Waals surface area contributed by atoms with E-state index in [4.69, 9.17) is 9.47 Å². The molecule has 1 aromatic rings. The van der Waals surface area contributed by atoms with E-state index in [1.165, 1.54) is 5.56 Å². The molecule has 0 spiro atoms. The van der Waals surface area contributed by atoms with E-state index in [0.29, 0.717) is 31.9 Å². The zero-order chi connectivity index (χ0) is 35.9. The Morgan fingerprint density at radius 2 is 1.78 bits per heavy atom. The van der Waals surface area contributed by atoms with Gasteiger partial charge in [-0.1, -0.05) is 63.6 Å². The van der Waals surface area contributed by atoms with Crippen LogP contribution in [-0.4, -0.2) is 71.2 Å². The van der Waals surface area contributed by atoms with Crippen LogP contribution in [0, 0.1) is 34.5 Å². The molecule has 9 nitrogen and oxygen atoms in total. The van der Waals surface area contributed by atoms with Crippen molar-refractivity contribution in [3.8, 4) is 0 Å². The summed E-state index contributed by atoms with van der Waals surface area (Å²) >= 11 is 0. The molecule has 50 heavy (non-hydrogen) atoms. The van der Waals surface area contributed by atoms with Gasteiger partial charge in [0.15, 0.2) is 12.4 Å². The fourth-order valence-electron chi connectivity index (χ4n) is 11.0. The number of carbonyl (C=O) groups is 4. The van der Waals surface area contributed by atoms with Gasteiger partial charge >= 0.3 is 5.97 Å². The van der Waals surface area contributed by atoms with Gasteiger partial charge in [-0.15, -0.1) is 0 Å². The number of benzene rings is 1. The number of ketones is 2. The maximum Gasteiger partial charge on any atom is 0.306 e. The Morgan fingerprint density at radius 1 is 1.02 bits per heavy atom. The Labute approximate surface area is 296 Å². The van der Waals surface area contributed by atoms with Gasteiger partial charge in [0.2, 0.25) is 11.7 Å². The molecule has 9 atom stereocenters. The number of Topliss-reactive ketones (excluding diaryl/α,β-unsaturated/α-hetero) is 1. The lowest BCUT2D eigenvalue weighted by atomic mass is 9.45. The number of hydrogen-bond acceptors (Lipinski definition) is 8. The van der Waals surface area contributed by atoms with Crippen LogP contribution >= 0.6 is 0 Å². The first-order valence-electron chi connectivity index (χ1n) is 19.0. The average Bonchev–Trinajstić information content (AvgIpc) is 3.37. The Bertz CT molecular complexity index is 1490. The summed E-state index contributed by atoms with van der Waals surface area (Å²) in [5, 5.41) is 26.6. The van der Waals surface area contributed by atoms with Crippen LogP contribution in [0.4, 0.5) is 0 Å². The number of hydrogen-bond donors (Lipinski definition) is 3. The molecule has 6 rings (SSSR count). The van der Waals surface area contributed by atoms with Crippen LogP contribution in [-0.2, 0) is 34.1 Å². The third kappa shape index (κ3) is 6.63. The number of amides is 1. The van der Waals surface area contributed by atoms with Gasteiger partial charge < -0.3 is 25.0 Å². The van der Waals surface area contributed by atoms with Gasteiger partial charge in [0, 0.05) is 36.8 Å². The predicted octanol–water partition coefficient (Wildman–Crippen LogP) is 5.39. The number of rotatable bonds is 11. The molecular weight excluding hydrogens is 634 g/mol. The Morgan fingerprint density at radius 3 is 2.52 bits per heavy atom. The molecule has 0 unspecified atom stereocenters. The standard InChI is InChI=1S/C41H57NO8/c1-26(2)33-24-40(19-21-49-33,27-8-6-5-7-9-27)18-20-42-35(46)12-13-36(47)50-25-34(45)41(48)17-15-31-30-11-10-28-22-29(43)14-16-38(28,3)37(30)32(44)23-39(31,41)4/h5-9,22,26,30-33,37,44,48H,10-21,23-25H2,1-4H3,(H,42,46)/t30-,31-,32-,33-,37+,38-,39-,40-,41-/m0/s1. The van der Waals surface area contributed by atoms with Crippen LogP contribution in [0.1, 0.15) is 110 Å². The molecule has 5 aliphatic rings. The third-order valence-electron chi connectivity index (χ3n) is 14.0. The van der Waals surface area contributed by atoms with Crippen LogP contribution in [0.5, 0.6) is 0 Å². The lowest BCUT2D eigenvalue weighted by Gasteiger charge is -2.60.